The summed E-state index contributed by atoms with van der Waals surface area (Å²) in [4.78, 5) is 3.82. The minimum absolute atomic E-state index is 0.0189. The quantitative estimate of drug-likeness (QED) is 0.669. The van der Waals surface area contributed by atoms with Crippen LogP contribution < -0.4 is 5.73 Å². The Labute approximate surface area is 65.9 Å². The summed E-state index contributed by atoms with van der Waals surface area (Å²) in [5, 5.41) is 9.04. The fourth-order valence-corrected chi connectivity index (χ4v) is 0.883. The number of pyridine rings is 1. The number of hydrogen-bond donors (Lipinski definition) is 2. The lowest BCUT2D eigenvalue weighted by Gasteiger charge is -2.07. The van der Waals surface area contributed by atoms with Gasteiger partial charge in [-0.1, -0.05) is 6.92 Å². The maximum atomic E-state index is 9.04. The normalized spacial score (nSPS) is 12.9. The molecule has 3 nitrogen and oxygen atoms in total. The van der Waals surface area contributed by atoms with Gasteiger partial charge in [-0.3, -0.25) is 4.98 Å². The molecule has 1 aromatic rings. The van der Waals surface area contributed by atoms with E-state index in [9.17, 15) is 0 Å². The van der Waals surface area contributed by atoms with E-state index in [4.69, 9.17) is 10.8 Å². The van der Waals surface area contributed by atoms with Crippen molar-refractivity contribution in [1.82, 2.24) is 4.98 Å². The number of aromatic nitrogens is 1. The lowest BCUT2D eigenvalue weighted by molar-refractivity contribution is 0.470. The molecule has 3 N–H and O–H groups in total. The Hall–Kier alpha value is -1.09. The fourth-order valence-electron chi connectivity index (χ4n) is 0.883. The molecular weight excluding hydrogens is 140 g/mol. The molecule has 0 radical (unpaired) electrons. The minimum atomic E-state index is -0.0189. The molecule has 3 heteroatoms. The molecule has 11 heavy (non-hydrogen) atoms. The summed E-state index contributed by atoms with van der Waals surface area (Å²) in [7, 11) is 0. The van der Waals surface area contributed by atoms with Gasteiger partial charge in [0.25, 0.3) is 0 Å². The van der Waals surface area contributed by atoms with Crippen LogP contribution in [0, 0.1) is 0 Å². The van der Waals surface area contributed by atoms with Crippen LogP contribution in [-0.4, -0.2) is 10.1 Å². The van der Waals surface area contributed by atoms with Gasteiger partial charge in [0.05, 0.1) is 6.20 Å². The van der Waals surface area contributed by atoms with E-state index in [0.29, 0.717) is 0 Å². The van der Waals surface area contributed by atoms with Gasteiger partial charge in [-0.15, -0.1) is 0 Å². The lowest BCUT2D eigenvalue weighted by atomic mass is 10.1. The van der Waals surface area contributed by atoms with Crippen LogP contribution in [-0.2, 0) is 0 Å². The van der Waals surface area contributed by atoms with Crippen molar-refractivity contribution in [3.05, 3.63) is 24.0 Å². The van der Waals surface area contributed by atoms with Crippen molar-refractivity contribution in [3.8, 4) is 5.75 Å². The number of aromatic hydroxyl groups is 1. The van der Waals surface area contributed by atoms with E-state index < -0.39 is 0 Å². The fraction of sp³-hybridized carbons (Fsp3) is 0.375. The molecule has 1 heterocycles. The summed E-state index contributed by atoms with van der Waals surface area (Å²) in [6.07, 6.45) is 3.92. The van der Waals surface area contributed by atoms with E-state index in [1.54, 1.807) is 12.3 Å². The van der Waals surface area contributed by atoms with Gasteiger partial charge in [0.1, 0.15) is 5.75 Å². The maximum Gasteiger partial charge on any atom is 0.134 e. The first kappa shape index (κ1) is 8.01. The summed E-state index contributed by atoms with van der Waals surface area (Å²) < 4.78 is 0. The Morgan fingerprint density at radius 3 is 2.91 bits per heavy atom. The molecule has 0 spiro atoms. The summed E-state index contributed by atoms with van der Waals surface area (Å²) in [5.41, 5.74) is 6.59. The summed E-state index contributed by atoms with van der Waals surface area (Å²) >= 11 is 0. The van der Waals surface area contributed by atoms with Crippen molar-refractivity contribution in [2.24, 2.45) is 5.73 Å². The monoisotopic (exact) mass is 152 g/mol. The third kappa shape index (κ3) is 1.91. The molecule has 1 rings (SSSR count). The molecule has 0 saturated carbocycles. The van der Waals surface area contributed by atoms with Crippen LogP contribution in [0.2, 0.25) is 0 Å². The Bertz CT molecular complexity index is 237. The number of rotatable bonds is 2. The van der Waals surface area contributed by atoms with Crippen LogP contribution in [0.3, 0.4) is 0 Å². The Morgan fingerprint density at radius 1 is 1.64 bits per heavy atom. The van der Waals surface area contributed by atoms with E-state index in [-0.39, 0.29) is 11.8 Å². The van der Waals surface area contributed by atoms with Crippen molar-refractivity contribution in [1.29, 1.82) is 0 Å². The van der Waals surface area contributed by atoms with Crippen molar-refractivity contribution in [2.45, 2.75) is 19.4 Å². The van der Waals surface area contributed by atoms with Crippen LogP contribution in [0.25, 0.3) is 0 Å². The Balaban J connectivity index is 2.86. The van der Waals surface area contributed by atoms with Crippen LogP contribution >= 0.6 is 0 Å². The predicted molar refractivity (Wildman–Crippen MR) is 43.1 cm³/mol. The highest BCUT2D eigenvalue weighted by atomic mass is 16.3. The van der Waals surface area contributed by atoms with Gasteiger partial charge in [0.15, 0.2) is 0 Å². The second-order valence-electron chi connectivity index (χ2n) is 2.49. The average molecular weight is 152 g/mol. The van der Waals surface area contributed by atoms with Crippen LogP contribution in [0.15, 0.2) is 18.5 Å². The zero-order valence-electron chi connectivity index (χ0n) is 6.49. The van der Waals surface area contributed by atoms with Crippen LogP contribution in [0.5, 0.6) is 5.75 Å². The summed E-state index contributed by atoms with van der Waals surface area (Å²) in [5.74, 6) is 0.173. The minimum Gasteiger partial charge on any atom is -0.506 e. The molecular formula is C8H12N2O. The molecule has 1 aromatic heterocycles. The Morgan fingerprint density at radius 2 is 2.36 bits per heavy atom. The van der Waals surface area contributed by atoms with Gasteiger partial charge < -0.3 is 10.8 Å². The molecule has 0 aromatic carbocycles. The van der Waals surface area contributed by atoms with Gasteiger partial charge in [-0.2, -0.15) is 0 Å². The van der Waals surface area contributed by atoms with Gasteiger partial charge in [-0.05, 0) is 18.1 Å². The molecule has 1 atom stereocenters. The molecule has 0 fully saturated rings. The number of nitrogens with zero attached hydrogens (tertiary/aromatic N) is 1. The molecule has 0 unspecified atom stereocenters. The van der Waals surface area contributed by atoms with Gasteiger partial charge in [0, 0.05) is 12.2 Å². The first-order valence-corrected chi connectivity index (χ1v) is 3.63. The first-order chi connectivity index (χ1) is 5.24. The van der Waals surface area contributed by atoms with Crippen molar-refractivity contribution in [2.75, 3.05) is 0 Å². The average Bonchev–Trinajstić information content (AvgIpc) is 2.03. The van der Waals surface area contributed by atoms with E-state index in [2.05, 4.69) is 4.98 Å². The second-order valence-corrected chi connectivity index (χ2v) is 2.49. The molecule has 0 amide bonds. The van der Waals surface area contributed by atoms with E-state index >= 15 is 0 Å². The first-order valence-electron chi connectivity index (χ1n) is 3.63. The maximum absolute atomic E-state index is 9.04. The standard InChI is InChI=1S/C8H12N2O/c1-2-8(9)6-3-7(11)5-10-4-6/h3-5,8,11H,2,9H2,1H3/t8-/m1/s1. The van der Waals surface area contributed by atoms with Crippen LogP contribution in [0.4, 0.5) is 0 Å². The Kier molecular flexibility index (Phi) is 2.44. The third-order valence-electron chi connectivity index (χ3n) is 1.61. The highest BCUT2D eigenvalue weighted by Gasteiger charge is 2.02. The van der Waals surface area contributed by atoms with Crippen molar-refractivity contribution >= 4 is 0 Å². The zero-order chi connectivity index (χ0) is 8.27. The SMILES string of the molecule is CC[C@@H](N)c1cncc(O)c1. The predicted octanol–water partition coefficient (Wildman–Crippen LogP) is 1.20. The smallest absolute Gasteiger partial charge is 0.134 e. The van der Waals surface area contributed by atoms with Gasteiger partial charge in [0.2, 0.25) is 0 Å². The number of nitrogens with two attached hydrogens (primary N) is 1. The van der Waals surface area contributed by atoms with Crippen molar-refractivity contribution < 1.29 is 5.11 Å². The van der Waals surface area contributed by atoms with E-state index in [0.717, 1.165) is 12.0 Å². The lowest BCUT2D eigenvalue weighted by Crippen LogP contribution is -2.08. The van der Waals surface area contributed by atoms with E-state index in [1.165, 1.54) is 6.20 Å². The molecule has 0 aliphatic heterocycles. The van der Waals surface area contributed by atoms with Gasteiger partial charge >= 0.3 is 0 Å². The molecule has 0 saturated heterocycles. The second kappa shape index (κ2) is 3.34. The summed E-state index contributed by atoms with van der Waals surface area (Å²) in [6, 6.07) is 1.62. The molecule has 0 bridgehead atoms. The van der Waals surface area contributed by atoms with Gasteiger partial charge in [-0.25, -0.2) is 0 Å². The molecule has 0 aliphatic carbocycles. The highest BCUT2D eigenvalue weighted by molar-refractivity contribution is 5.24. The number of hydrogen-bond acceptors (Lipinski definition) is 3. The zero-order valence-corrected chi connectivity index (χ0v) is 6.49. The van der Waals surface area contributed by atoms with E-state index in [1.807, 2.05) is 6.92 Å². The summed E-state index contributed by atoms with van der Waals surface area (Å²) in [6.45, 7) is 1.99. The topological polar surface area (TPSA) is 59.1 Å². The highest BCUT2D eigenvalue weighted by Crippen LogP contribution is 2.16. The largest absolute Gasteiger partial charge is 0.506 e. The third-order valence-corrected chi connectivity index (χ3v) is 1.61. The van der Waals surface area contributed by atoms with Crippen LogP contribution in [0.1, 0.15) is 24.9 Å². The molecule has 60 valence electrons. The van der Waals surface area contributed by atoms with Crippen molar-refractivity contribution in [3.63, 3.8) is 0 Å². The molecule has 0 aliphatic rings.